The van der Waals surface area contributed by atoms with Crippen LogP contribution in [0.2, 0.25) is 0 Å². The minimum atomic E-state index is -0.942. The molecule has 0 radical (unpaired) electrons. The molecule has 9 heteroatoms. The third kappa shape index (κ3) is 4.30. The van der Waals surface area contributed by atoms with E-state index in [-0.39, 0.29) is 11.4 Å². The lowest BCUT2D eigenvalue weighted by atomic mass is 10.2. The van der Waals surface area contributed by atoms with Gasteiger partial charge in [-0.25, -0.2) is 4.79 Å². The number of ether oxygens (including phenoxy) is 2. The maximum Gasteiger partial charge on any atom is 0.514 e. The number of aromatic nitrogens is 1. The molecule has 1 aromatic carbocycles. The standard InChI is InChI=1S/C14H12N2O5S2/c1-8(12-13(23)11(22)6-7-15-12)20-14(17)21-10-4-2-9(3-5-10)16(18)19/h2-8,23H,1H3,(H,15,22). The van der Waals surface area contributed by atoms with E-state index in [1.807, 2.05) is 0 Å². The molecule has 0 amide bonds. The quantitative estimate of drug-likeness (QED) is 0.214. The Morgan fingerprint density at radius 1 is 1.35 bits per heavy atom. The number of rotatable bonds is 4. The van der Waals surface area contributed by atoms with Crippen LogP contribution in [0, 0.1) is 14.6 Å². The Morgan fingerprint density at radius 3 is 2.61 bits per heavy atom. The molecule has 1 N–H and O–H groups in total. The van der Waals surface area contributed by atoms with Gasteiger partial charge in [0.1, 0.15) is 11.9 Å². The largest absolute Gasteiger partial charge is 0.514 e. The first-order chi connectivity index (χ1) is 10.9. The normalized spacial score (nSPS) is 11.6. The van der Waals surface area contributed by atoms with Gasteiger partial charge in [0.25, 0.3) is 5.69 Å². The molecule has 0 aliphatic rings. The maximum absolute atomic E-state index is 11.8. The molecular weight excluding hydrogens is 340 g/mol. The molecule has 1 heterocycles. The van der Waals surface area contributed by atoms with Gasteiger partial charge in [-0.1, -0.05) is 12.2 Å². The van der Waals surface area contributed by atoms with Crippen molar-refractivity contribution in [2.24, 2.45) is 0 Å². The predicted molar refractivity (Wildman–Crippen MR) is 87.5 cm³/mol. The van der Waals surface area contributed by atoms with E-state index >= 15 is 0 Å². The fourth-order valence-electron chi connectivity index (χ4n) is 1.76. The number of nitrogens with one attached hydrogen (secondary N) is 1. The van der Waals surface area contributed by atoms with E-state index in [1.54, 1.807) is 19.2 Å². The zero-order valence-electron chi connectivity index (χ0n) is 11.9. The molecule has 0 spiro atoms. The Morgan fingerprint density at radius 2 is 2.00 bits per heavy atom. The van der Waals surface area contributed by atoms with E-state index in [2.05, 4.69) is 17.6 Å². The molecule has 120 valence electrons. The van der Waals surface area contributed by atoms with Crippen molar-refractivity contribution in [3.8, 4) is 5.75 Å². The molecular formula is C14H12N2O5S2. The van der Waals surface area contributed by atoms with Gasteiger partial charge in [-0.15, -0.1) is 12.6 Å². The molecule has 0 aliphatic carbocycles. The van der Waals surface area contributed by atoms with Gasteiger partial charge in [0, 0.05) is 23.2 Å². The van der Waals surface area contributed by atoms with Gasteiger partial charge < -0.3 is 14.5 Å². The van der Waals surface area contributed by atoms with Gasteiger partial charge in [-0.3, -0.25) is 10.1 Å². The molecule has 1 unspecified atom stereocenters. The SMILES string of the molecule is CC(OC(=O)Oc1ccc([N+](=O)[O-])cc1)c1[nH]ccc(=S)c1S. The second-order valence-corrected chi connectivity index (χ2v) is 5.35. The summed E-state index contributed by atoms with van der Waals surface area (Å²) < 4.78 is 10.6. The summed E-state index contributed by atoms with van der Waals surface area (Å²) in [4.78, 5) is 25.2. The molecule has 0 fully saturated rings. The summed E-state index contributed by atoms with van der Waals surface area (Å²) in [6.07, 6.45) is 0.0250. The van der Waals surface area contributed by atoms with Crippen LogP contribution >= 0.6 is 24.8 Å². The number of aromatic amines is 1. The Balaban J connectivity index is 2.02. The summed E-state index contributed by atoms with van der Waals surface area (Å²) in [7, 11) is 0. The van der Waals surface area contributed by atoms with Gasteiger partial charge >= 0.3 is 6.16 Å². The number of H-pyrrole nitrogens is 1. The second kappa shape index (κ2) is 7.25. The lowest BCUT2D eigenvalue weighted by Gasteiger charge is -2.14. The van der Waals surface area contributed by atoms with Crippen molar-refractivity contribution >= 4 is 36.7 Å². The molecule has 23 heavy (non-hydrogen) atoms. The number of nitro benzene ring substituents is 1. The monoisotopic (exact) mass is 352 g/mol. The summed E-state index contributed by atoms with van der Waals surface area (Å²) in [5, 5.41) is 10.6. The molecule has 1 aromatic heterocycles. The first-order valence-electron chi connectivity index (χ1n) is 6.42. The van der Waals surface area contributed by atoms with E-state index in [9.17, 15) is 14.9 Å². The van der Waals surface area contributed by atoms with Crippen molar-refractivity contribution in [1.29, 1.82) is 0 Å². The minimum absolute atomic E-state index is 0.101. The third-order valence-electron chi connectivity index (χ3n) is 2.89. The summed E-state index contributed by atoms with van der Waals surface area (Å²) in [6, 6.07) is 6.75. The molecule has 1 atom stereocenters. The van der Waals surface area contributed by atoms with Crippen molar-refractivity contribution in [2.75, 3.05) is 0 Å². The van der Waals surface area contributed by atoms with E-state index < -0.39 is 17.2 Å². The fraction of sp³-hybridized carbons (Fsp3) is 0.143. The highest BCUT2D eigenvalue weighted by molar-refractivity contribution is 7.81. The maximum atomic E-state index is 11.8. The van der Waals surface area contributed by atoms with Crippen molar-refractivity contribution in [3.63, 3.8) is 0 Å². The highest BCUT2D eigenvalue weighted by Gasteiger charge is 2.17. The third-order valence-corrected chi connectivity index (χ3v) is 3.86. The fourth-order valence-corrected chi connectivity index (χ4v) is 2.26. The zero-order valence-corrected chi connectivity index (χ0v) is 13.6. The number of benzene rings is 1. The van der Waals surface area contributed by atoms with E-state index in [4.69, 9.17) is 21.7 Å². The average molecular weight is 352 g/mol. The molecule has 0 saturated heterocycles. The van der Waals surface area contributed by atoms with Crippen LogP contribution in [-0.4, -0.2) is 16.1 Å². The van der Waals surface area contributed by atoms with Crippen LogP contribution in [-0.2, 0) is 4.74 Å². The van der Waals surface area contributed by atoms with Crippen molar-refractivity contribution < 1.29 is 19.2 Å². The van der Waals surface area contributed by atoms with Crippen molar-refractivity contribution in [2.45, 2.75) is 17.9 Å². The van der Waals surface area contributed by atoms with Gasteiger partial charge in [-0.05, 0) is 25.1 Å². The van der Waals surface area contributed by atoms with E-state index in [0.717, 1.165) is 0 Å². The number of hydrogen-bond acceptors (Lipinski definition) is 7. The van der Waals surface area contributed by atoms with Crippen molar-refractivity contribution in [1.82, 2.24) is 4.98 Å². The molecule has 7 nitrogen and oxygen atoms in total. The average Bonchev–Trinajstić information content (AvgIpc) is 2.50. The minimum Gasteiger partial charge on any atom is -0.424 e. The summed E-state index contributed by atoms with van der Waals surface area (Å²) in [6.45, 7) is 1.64. The molecule has 0 aliphatic heterocycles. The molecule has 0 bridgehead atoms. The summed E-state index contributed by atoms with van der Waals surface area (Å²) in [5.74, 6) is 0.139. The predicted octanol–water partition coefficient (Wildman–Crippen LogP) is 4.22. The topological polar surface area (TPSA) is 94.5 Å². The molecule has 0 saturated carbocycles. The number of carbonyl (C=O) groups is 1. The lowest BCUT2D eigenvalue weighted by Crippen LogP contribution is -2.14. The van der Waals surface area contributed by atoms with Gasteiger partial charge in [0.05, 0.1) is 15.1 Å². The van der Waals surface area contributed by atoms with Gasteiger partial charge in [0.2, 0.25) is 0 Å². The first kappa shape index (κ1) is 17.0. The van der Waals surface area contributed by atoms with Crippen LogP contribution in [0.5, 0.6) is 5.75 Å². The number of carbonyl (C=O) groups excluding carboxylic acids is 1. The zero-order chi connectivity index (χ0) is 17.0. The number of hydrogen-bond donors (Lipinski definition) is 2. The van der Waals surface area contributed by atoms with E-state index in [1.165, 1.54) is 24.3 Å². The Hall–Kier alpha value is -2.39. The van der Waals surface area contributed by atoms with Crippen LogP contribution in [0.25, 0.3) is 0 Å². The van der Waals surface area contributed by atoms with Crippen LogP contribution in [0.4, 0.5) is 10.5 Å². The second-order valence-electron chi connectivity index (χ2n) is 4.47. The number of nitro groups is 1. The van der Waals surface area contributed by atoms with Crippen LogP contribution in [0.3, 0.4) is 0 Å². The van der Waals surface area contributed by atoms with Gasteiger partial charge in [0.15, 0.2) is 0 Å². The smallest absolute Gasteiger partial charge is 0.424 e. The van der Waals surface area contributed by atoms with Gasteiger partial charge in [-0.2, -0.15) is 0 Å². The first-order valence-corrected chi connectivity index (χ1v) is 7.27. The highest BCUT2D eigenvalue weighted by Crippen LogP contribution is 2.24. The lowest BCUT2D eigenvalue weighted by molar-refractivity contribution is -0.384. The van der Waals surface area contributed by atoms with Crippen molar-refractivity contribution in [3.05, 3.63) is 56.8 Å². The number of non-ortho nitro benzene ring substituents is 1. The molecule has 2 rings (SSSR count). The Kier molecular flexibility index (Phi) is 5.35. The van der Waals surface area contributed by atoms with Crippen LogP contribution in [0.1, 0.15) is 18.7 Å². The summed E-state index contributed by atoms with van der Waals surface area (Å²) >= 11 is 9.36. The Labute approximate surface area is 141 Å². The summed E-state index contributed by atoms with van der Waals surface area (Å²) in [5.41, 5.74) is 0.442. The number of nitrogens with zero attached hydrogens (tertiary/aromatic N) is 1. The van der Waals surface area contributed by atoms with Crippen LogP contribution in [0.15, 0.2) is 41.4 Å². The van der Waals surface area contributed by atoms with E-state index in [0.29, 0.717) is 15.1 Å². The van der Waals surface area contributed by atoms with Crippen LogP contribution < -0.4 is 4.74 Å². The number of pyridine rings is 1. The molecule has 2 aromatic rings. The number of thiol groups is 1. The Bertz CT molecular complexity index is 788. The highest BCUT2D eigenvalue weighted by atomic mass is 32.1.